The maximum atomic E-state index is 12.1. The predicted molar refractivity (Wildman–Crippen MR) is 80.9 cm³/mol. The van der Waals surface area contributed by atoms with Crippen molar-refractivity contribution < 1.29 is 4.79 Å². The molecule has 0 saturated carbocycles. The molecule has 20 heavy (non-hydrogen) atoms. The molecule has 0 spiro atoms. The topological polar surface area (TPSA) is 44.9 Å². The van der Waals surface area contributed by atoms with Gasteiger partial charge in [-0.15, -0.1) is 0 Å². The van der Waals surface area contributed by atoms with Gasteiger partial charge in [0, 0.05) is 34.2 Å². The van der Waals surface area contributed by atoms with E-state index in [-0.39, 0.29) is 5.91 Å². The monoisotopic (exact) mass is 284 g/mol. The molecule has 0 bridgehead atoms. The highest BCUT2D eigenvalue weighted by molar-refractivity contribution is 6.30. The van der Waals surface area contributed by atoms with E-state index in [1.807, 2.05) is 54.7 Å². The van der Waals surface area contributed by atoms with Gasteiger partial charge in [0.15, 0.2) is 0 Å². The number of carbonyl (C=O) groups excluding carboxylic acids is 1. The Kier molecular flexibility index (Phi) is 3.44. The van der Waals surface area contributed by atoms with Gasteiger partial charge >= 0.3 is 0 Å². The van der Waals surface area contributed by atoms with Crippen molar-refractivity contribution in [1.82, 2.24) is 10.3 Å². The van der Waals surface area contributed by atoms with Gasteiger partial charge in [-0.3, -0.25) is 4.79 Å². The van der Waals surface area contributed by atoms with Crippen LogP contribution in [0.5, 0.6) is 0 Å². The number of rotatable bonds is 3. The summed E-state index contributed by atoms with van der Waals surface area (Å²) in [4.78, 5) is 15.2. The van der Waals surface area contributed by atoms with Crippen LogP contribution in [-0.4, -0.2) is 10.9 Å². The maximum Gasteiger partial charge on any atom is 0.251 e. The molecule has 100 valence electrons. The van der Waals surface area contributed by atoms with Crippen LogP contribution in [0, 0.1) is 0 Å². The molecule has 2 N–H and O–H groups in total. The first-order valence-electron chi connectivity index (χ1n) is 6.32. The highest BCUT2D eigenvalue weighted by Gasteiger charge is 2.06. The summed E-state index contributed by atoms with van der Waals surface area (Å²) in [5.74, 6) is -0.0805. The van der Waals surface area contributed by atoms with Crippen LogP contribution in [0.4, 0.5) is 0 Å². The van der Waals surface area contributed by atoms with Gasteiger partial charge in [-0.2, -0.15) is 0 Å². The van der Waals surface area contributed by atoms with Crippen LogP contribution < -0.4 is 5.32 Å². The van der Waals surface area contributed by atoms with E-state index in [0.717, 1.165) is 16.5 Å². The van der Waals surface area contributed by atoms with Crippen LogP contribution in [0.15, 0.2) is 54.7 Å². The average molecular weight is 285 g/mol. The first kappa shape index (κ1) is 12.8. The normalized spacial score (nSPS) is 10.7. The number of aromatic nitrogens is 1. The zero-order chi connectivity index (χ0) is 13.9. The molecule has 3 rings (SSSR count). The lowest BCUT2D eigenvalue weighted by molar-refractivity contribution is 0.0951. The second-order valence-electron chi connectivity index (χ2n) is 4.59. The van der Waals surface area contributed by atoms with Gasteiger partial charge in [0.25, 0.3) is 5.91 Å². The van der Waals surface area contributed by atoms with Crippen molar-refractivity contribution in [3.63, 3.8) is 0 Å². The number of carbonyl (C=O) groups is 1. The molecule has 0 unspecified atom stereocenters. The molecule has 0 saturated heterocycles. The Hall–Kier alpha value is -2.26. The molecule has 0 aliphatic carbocycles. The fraction of sp³-hybridized carbons (Fsp3) is 0.0625. The summed E-state index contributed by atoms with van der Waals surface area (Å²) >= 11 is 5.82. The molecule has 0 fully saturated rings. The zero-order valence-corrected chi connectivity index (χ0v) is 11.4. The Labute approximate surface area is 121 Å². The summed E-state index contributed by atoms with van der Waals surface area (Å²) in [6, 6.07) is 15.0. The van der Waals surface area contributed by atoms with Gasteiger partial charge in [0.05, 0.1) is 0 Å². The fourth-order valence-corrected chi connectivity index (χ4v) is 2.21. The average Bonchev–Trinajstić information content (AvgIpc) is 2.93. The molecule has 2 aromatic carbocycles. The summed E-state index contributed by atoms with van der Waals surface area (Å²) in [7, 11) is 0. The summed E-state index contributed by atoms with van der Waals surface area (Å²) in [6.07, 6.45) is 1.86. The number of hydrogen-bond acceptors (Lipinski definition) is 1. The lowest BCUT2D eigenvalue weighted by Gasteiger charge is -2.06. The second-order valence-corrected chi connectivity index (χ2v) is 5.03. The molecule has 0 atom stereocenters. The molecule has 0 radical (unpaired) electrons. The third kappa shape index (κ3) is 2.68. The van der Waals surface area contributed by atoms with Crippen molar-refractivity contribution in [2.75, 3.05) is 0 Å². The van der Waals surface area contributed by atoms with E-state index in [2.05, 4.69) is 10.3 Å². The lowest BCUT2D eigenvalue weighted by Crippen LogP contribution is -2.22. The SMILES string of the molecule is O=C(NCc1ccc(Cl)cc1)c1ccc2[nH]ccc2c1. The quantitative estimate of drug-likeness (QED) is 0.756. The number of nitrogens with one attached hydrogen (secondary N) is 2. The van der Waals surface area contributed by atoms with E-state index in [1.54, 1.807) is 0 Å². The van der Waals surface area contributed by atoms with Crippen LogP contribution in [-0.2, 0) is 6.54 Å². The largest absolute Gasteiger partial charge is 0.361 e. The second kappa shape index (κ2) is 5.39. The number of amides is 1. The smallest absolute Gasteiger partial charge is 0.251 e. The van der Waals surface area contributed by atoms with Crippen molar-refractivity contribution in [3.8, 4) is 0 Å². The van der Waals surface area contributed by atoms with E-state index in [1.165, 1.54) is 0 Å². The molecule has 0 aliphatic heterocycles. The fourth-order valence-electron chi connectivity index (χ4n) is 2.08. The number of halogens is 1. The molecular formula is C16H13ClN2O. The third-order valence-electron chi connectivity index (χ3n) is 3.18. The summed E-state index contributed by atoms with van der Waals surface area (Å²) < 4.78 is 0. The van der Waals surface area contributed by atoms with Gasteiger partial charge in [0.1, 0.15) is 0 Å². The standard InChI is InChI=1S/C16H13ClN2O/c17-14-4-1-11(2-5-14)10-19-16(20)13-3-6-15-12(9-13)7-8-18-15/h1-9,18H,10H2,(H,19,20). The summed E-state index contributed by atoms with van der Waals surface area (Å²) in [6.45, 7) is 0.487. The molecule has 0 aliphatic rings. The zero-order valence-electron chi connectivity index (χ0n) is 10.7. The molecule has 1 amide bonds. The van der Waals surface area contributed by atoms with Crippen LogP contribution in [0.1, 0.15) is 15.9 Å². The van der Waals surface area contributed by atoms with Crippen LogP contribution >= 0.6 is 11.6 Å². The van der Waals surface area contributed by atoms with Crippen molar-refractivity contribution in [2.24, 2.45) is 0 Å². The molecular weight excluding hydrogens is 272 g/mol. The minimum Gasteiger partial charge on any atom is -0.361 e. The first-order chi connectivity index (χ1) is 9.72. The maximum absolute atomic E-state index is 12.1. The highest BCUT2D eigenvalue weighted by Crippen LogP contribution is 2.14. The minimum absolute atomic E-state index is 0.0805. The van der Waals surface area contributed by atoms with Gasteiger partial charge in [-0.25, -0.2) is 0 Å². The summed E-state index contributed by atoms with van der Waals surface area (Å²) in [5, 5.41) is 4.62. The first-order valence-corrected chi connectivity index (χ1v) is 6.70. The number of hydrogen-bond donors (Lipinski definition) is 2. The Morgan fingerprint density at radius 1 is 1.10 bits per heavy atom. The van der Waals surface area contributed by atoms with Crippen LogP contribution in [0.25, 0.3) is 10.9 Å². The Morgan fingerprint density at radius 2 is 1.90 bits per heavy atom. The Bertz CT molecular complexity index is 747. The van der Waals surface area contributed by atoms with E-state index in [9.17, 15) is 4.79 Å². The van der Waals surface area contributed by atoms with Crippen molar-refractivity contribution in [3.05, 3.63) is 70.9 Å². The molecule has 1 heterocycles. The molecule has 3 nitrogen and oxygen atoms in total. The predicted octanol–water partition coefficient (Wildman–Crippen LogP) is 3.75. The number of benzene rings is 2. The van der Waals surface area contributed by atoms with Gasteiger partial charge in [-0.05, 0) is 42.0 Å². The van der Waals surface area contributed by atoms with Crippen molar-refractivity contribution in [1.29, 1.82) is 0 Å². The highest BCUT2D eigenvalue weighted by atomic mass is 35.5. The molecule has 3 aromatic rings. The third-order valence-corrected chi connectivity index (χ3v) is 3.43. The van der Waals surface area contributed by atoms with Crippen LogP contribution in [0.2, 0.25) is 5.02 Å². The van der Waals surface area contributed by atoms with Gasteiger partial charge < -0.3 is 10.3 Å². The minimum atomic E-state index is -0.0805. The number of fused-ring (bicyclic) bond motifs is 1. The summed E-state index contributed by atoms with van der Waals surface area (Å²) in [5.41, 5.74) is 2.70. The van der Waals surface area contributed by atoms with E-state index >= 15 is 0 Å². The Morgan fingerprint density at radius 3 is 2.70 bits per heavy atom. The van der Waals surface area contributed by atoms with Crippen molar-refractivity contribution in [2.45, 2.75) is 6.54 Å². The number of aromatic amines is 1. The van der Waals surface area contributed by atoms with Gasteiger partial charge in [0.2, 0.25) is 0 Å². The molecule has 1 aromatic heterocycles. The molecule has 4 heteroatoms. The lowest BCUT2D eigenvalue weighted by atomic mass is 10.1. The van der Waals surface area contributed by atoms with Crippen LogP contribution in [0.3, 0.4) is 0 Å². The number of H-pyrrole nitrogens is 1. The van der Waals surface area contributed by atoms with Crippen molar-refractivity contribution >= 4 is 28.4 Å². The van der Waals surface area contributed by atoms with E-state index in [0.29, 0.717) is 17.1 Å². The van der Waals surface area contributed by atoms with E-state index < -0.39 is 0 Å². The van der Waals surface area contributed by atoms with Gasteiger partial charge in [-0.1, -0.05) is 23.7 Å². The Balaban J connectivity index is 1.70. The van der Waals surface area contributed by atoms with E-state index in [4.69, 9.17) is 11.6 Å².